The van der Waals surface area contributed by atoms with Crippen molar-refractivity contribution >= 4 is 18.2 Å². The summed E-state index contributed by atoms with van der Waals surface area (Å²) >= 11 is 0. The summed E-state index contributed by atoms with van der Waals surface area (Å²) in [7, 11) is 0. The van der Waals surface area contributed by atoms with E-state index in [2.05, 4.69) is 5.32 Å². The van der Waals surface area contributed by atoms with Crippen LogP contribution in [0.25, 0.3) is 0 Å². The first-order valence-electron chi connectivity index (χ1n) is 4.61. The molecule has 15 heavy (non-hydrogen) atoms. The first kappa shape index (κ1) is 11.0. The fourth-order valence-electron chi connectivity index (χ4n) is 1.21. The Kier molecular flexibility index (Phi) is 4.67. The van der Waals surface area contributed by atoms with Crippen LogP contribution in [0.15, 0.2) is 60.7 Å². The van der Waals surface area contributed by atoms with Crippen LogP contribution in [0.1, 0.15) is 0 Å². The van der Waals surface area contributed by atoms with Crippen molar-refractivity contribution in [2.45, 2.75) is 0 Å². The Bertz CT molecular complexity index is 335. The van der Waals surface area contributed by atoms with Crippen molar-refractivity contribution in [1.29, 1.82) is 0 Å². The third-order valence-electron chi connectivity index (χ3n) is 1.84. The van der Waals surface area contributed by atoms with Crippen LogP contribution in [0.2, 0.25) is 0 Å². The minimum Gasteiger partial charge on any atom is -0.356 e. The van der Waals surface area contributed by atoms with Crippen molar-refractivity contribution in [3.05, 3.63) is 60.7 Å². The lowest BCUT2D eigenvalue weighted by Crippen LogP contribution is -1.87. The molecule has 0 saturated carbocycles. The van der Waals surface area contributed by atoms with Gasteiger partial charge in [0.15, 0.2) is 0 Å². The lowest BCUT2D eigenvalue weighted by atomic mass is 10.3. The van der Waals surface area contributed by atoms with E-state index in [1.807, 2.05) is 67.5 Å². The Morgan fingerprint density at radius 3 is 1.33 bits per heavy atom. The molecule has 0 aliphatic rings. The van der Waals surface area contributed by atoms with Crippen LogP contribution < -0.4 is 5.32 Å². The quantitative estimate of drug-likeness (QED) is 0.804. The predicted molar refractivity (Wildman–Crippen MR) is 63.3 cm³/mol. The average molecular weight is 199 g/mol. The molecule has 0 saturated heterocycles. The van der Waals surface area contributed by atoms with Gasteiger partial charge in [0, 0.05) is 11.4 Å². The zero-order valence-electron chi connectivity index (χ0n) is 8.39. The van der Waals surface area contributed by atoms with Gasteiger partial charge in [-0.3, -0.25) is 0 Å². The number of hydrogen-bond acceptors (Lipinski definition) is 2. The Morgan fingerprint density at radius 1 is 0.667 bits per heavy atom. The molecule has 0 radical (unpaired) electrons. The molecular formula is C13H13NO. The predicted octanol–water partition coefficient (Wildman–Crippen LogP) is 3.25. The second kappa shape index (κ2) is 6.38. The third kappa shape index (κ3) is 3.65. The van der Waals surface area contributed by atoms with Gasteiger partial charge in [0.1, 0.15) is 6.79 Å². The Labute approximate surface area is 89.6 Å². The SMILES string of the molecule is C=O.c1ccc(Nc2ccccc2)cc1. The second-order valence-corrected chi connectivity index (χ2v) is 2.86. The van der Waals surface area contributed by atoms with Crippen LogP contribution in [0.5, 0.6) is 0 Å². The van der Waals surface area contributed by atoms with Gasteiger partial charge in [0.05, 0.1) is 0 Å². The van der Waals surface area contributed by atoms with E-state index in [0.29, 0.717) is 0 Å². The summed E-state index contributed by atoms with van der Waals surface area (Å²) in [5.74, 6) is 0. The van der Waals surface area contributed by atoms with Crippen LogP contribution in [0, 0.1) is 0 Å². The molecule has 0 amide bonds. The smallest absolute Gasteiger partial charge is 0.106 e. The number of carbonyl (C=O) groups is 1. The van der Waals surface area contributed by atoms with Crippen molar-refractivity contribution in [3.8, 4) is 0 Å². The zero-order chi connectivity index (χ0) is 10.9. The van der Waals surface area contributed by atoms with Crippen LogP contribution in [-0.4, -0.2) is 6.79 Å². The molecule has 2 nitrogen and oxygen atoms in total. The number of benzene rings is 2. The summed E-state index contributed by atoms with van der Waals surface area (Å²) in [6.45, 7) is 2.00. The first-order valence-corrected chi connectivity index (χ1v) is 4.61. The number of carbonyl (C=O) groups excluding carboxylic acids is 1. The maximum absolute atomic E-state index is 8.00. The zero-order valence-corrected chi connectivity index (χ0v) is 8.39. The molecule has 1 N–H and O–H groups in total. The average Bonchev–Trinajstić information content (AvgIpc) is 2.34. The summed E-state index contributed by atoms with van der Waals surface area (Å²) in [6, 6.07) is 20.3. The molecule has 2 aromatic rings. The molecule has 0 heterocycles. The van der Waals surface area contributed by atoms with E-state index < -0.39 is 0 Å². The van der Waals surface area contributed by atoms with Crippen molar-refractivity contribution in [1.82, 2.24) is 0 Å². The van der Waals surface area contributed by atoms with E-state index in [0.717, 1.165) is 11.4 Å². The van der Waals surface area contributed by atoms with Gasteiger partial charge < -0.3 is 10.1 Å². The van der Waals surface area contributed by atoms with Crippen molar-refractivity contribution in [2.24, 2.45) is 0 Å². The lowest BCUT2D eigenvalue weighted by Gasteiger charge is -2.04. The van der Waals surface area contributed by atoms with E-state index in [4.69, 9.17) is 4.79 Å². The van der Waals surface area contributed by atoms with E-state index >= 15 is 0 Å². The molecular weight excluding hydrogens is 186 g/mol. The number of rotatable bonds is 2. The molecule has 0 unspecified atom stereocenters. The molecule has 2 heteroatoms. The number of hydrogen-bond donors (Lipinski definition) is 1. The largest absolute Gasteiger partial charge is 0.356 e. The summed E-state index contributed by atoms with van der Waals surface area (Å²) in [5, 5.41) is 3.30. The summed E-state index contributed by atoms with van der Waals surface area (Å²) in [5.41, 5.74) is 2.24. The van der Waals surface area contributed by atoms with Gasteiger partial charge in [-0.05, 0) is 24.3 Å². The molecule has 0 aliphatic heterocycles. The maximum atomic E-state index is 8.00. The van der Waals surface area contributed by atoms with Crippen LogP contribution in [0.4, 0.5) is 11.4 Å². The van der Waals surface area contributed by atoms with E-state index in [1.165, 1.54) is 0 Å². The highest BCUT2D eigenvalue weighted by Gasteiger charge is 1.89. The summed E-state index contributed by atoms with van der Waals surface area (Å²) in [6.07, 6.45) is 0. The Balaban J connectivity index is 0.000000531. The summed E-state index contributed by atoms with van der Waals surface area (Å²) < 4.78 is 0. The van der Waals surface area contributed by atoms with Gasteiger partial charge in [0.2, 0.25) is 0 Å². The van der Waals surface area contributed by atoms with Crippen molar-refractivity contribution in [3.63, 3.8) is 0 Å². The monoisotopic (exact) mass is 199 g/mol. The van der Waals surface area contributed by atoms with Crippen molar-refractivity contribution < 1.29 is 4.79 Å². The van der Waals surface area contributed by atoms with E-state index in [1.54, 1.807) is 0 Å². The number of anilines is 2. The molecule has 0 aliphatic carbocycles. The molecule has 2 rings (SSSR count). The molecule has 0 atom stereocenters. The normalized spacial score (nSPS) is 8.53. The third-order valence-corrected chi connectivity index (χ3v) is 1.84. The lowest BCUT2D eigenvalue weighted by molar-refractivity contribution is -0.0979. The standard InChI is InChI=1S/C12H11N.CH2O/c1-3-7-11(8-4-1)13-12-9-5-2-6-10-12;1-2/h1-10,13H;1H2. The molecule has 0 aromatic heterocycles. The highest BCUT2D eigenvalue weighted by Crippen LogP contribution is 2.14. The van der Waals surface area contributed by atoms with Gasteiger partial charge in [-0.2, -0.15) is 0 Å². The van der Waals surface area contributed by atoms with Gasteiger partial charge in [-0.15, -0.1) is 0 Å². The molecule has 0 bridgehead atoms. The van der Waals surface area contributed by atoms with Crippen LogP contribution in [0.3, 0.4) is 0 Å². The molecule has 76 valence electrons. The highest BCUT2D eigenvalue weighted by molar-refractivity contribution is 5.58. The Hall–Kier alpha value is -2.09. The van der Waals surface area contributed by atoms with Crippen molar-refractivity contribution in [2.75, 3.05) is 5.32 Å². The molecule has 0 fully saturated rings. The van der Waals surface area contributed by atoms with Crippen LogP contribution in [-0.2, 0) is 4.79 Å². The fourth-order valence-corrected chi connectivity index (χ4v) is 1.21. The molecule has 0 spiro atoms. The Morgan fingerprint density at radius 2 is 1.00 bits per heavy atom. The number of para-hydroxylation sites is 2. The fraction of sp³-hybridized carbons (Fsp3) is 0. The second-order valence-electron chi connectivity index (χ2n) is 2.86. The van der Waals surface area contributed by atoms with Gasteiger partial charge in [0.25, 0.3) is 0 Å². The maximum Gasteiger partial charge on any atom is 0.106 e. The van der Waals surface area contributed by atoms with Gasteiger partial charge in [-0.1, -0.05) is 36.4 Å². The van der Waals surface area contributed by atoms with E-state index in [9.17, 15) is 0 Å². The van der Waals surface area contributed by atoms with Gasteiger partial charge in [-0.25, -0.2) is 0 Å². The minimum absolute atomic E-state index is 1.12. The minimum atomic E-state index is 1.12. The summed E-state index contributed by atoms with van der Waals surface area (Å²) in [4.78, 5) is 8.00. The topological polar surface area (TPSA) is 29.1 Å². The highest BCUT2D eigenvalue weighted by atomic mass is 16.1. The van der Waals surface area contributed by atoms with E-state index in [-0.39, 0.29) is 0 Å². The number of nitrogens with one attached hydrogen (secondary N) is 1. The first-order chi connectivity index (χ1) is 7.45. The van der Waals surface area contributed by atoms with Gasteiger partial charge >= 0.3 is 0 Å². The molecule has 2 aromatic carbocycles. The van der Waals surface area contributed by atoms with Crippen LogP contribution >= 0.6 is 0 Å².